The van der Waals surface area contributed by atoms with Crippen molar-refractivity contribution in [2.75, 3.05) is 6.54 Å². The molecule has 2 aromatic rings. The molecule has 0 spiro atoms. The van der Waals surface area contributed by atoms with Crippen LogP contribution in [0.25, 0.3) is 0 Å². The van der Waals surface area contributed by atoms with E-state index in [1.807, 2.05) is 35.2 Å². The Morgan fingerprint density at radius 2 is 2.05 bits per heavy atom. The molecule has 2 atom stereocenters. The van der Waals surface area contributed by atoms with Crippen molar-refractivity contribution in [1.29, 1.82) is 0 Å². The van der Waals surface area contributed by atoms with Crippen LogP contribution in [0.5, 0.6) is 0 Å². The SMILES string of the molecule is CC1CCN(C(=O)c2cn(Cc3ccccc3)nn2)C(C)C1. The molecule has 1 amide bonds. The first kappa shape index (κ1) is 14.8. The average molecular weight is 298 g/mol. The van der Waals surface area contributed by atoms with Gasteiger partial charge in [-0.05, 0) is 31.2 Å². The first-order chi connectivity index (χ1) is 10.6. The van der Waals surface area contributed by atoms with Crippen LogP contribution in [0.1, 0.15) is 42.7 Å². The summed E-state index contributed by atoms with van der Waals surface area (Å²) in [5.74, 6) is 0.687. The van der Waals surface area contributed by atoms with E-state index in [1.54, 1.807) is 10.9 Å². The van der Waals surface area contributed by atoms with Crippen LogP contribution in [-0.4, -0.2) is 38.4 Å². The standard InChI is InChI=1S/C17H22N4O/c1-13-8-9-21(14(2)10-13)17(22)16-12-20(19-18-16)11-15-6-4-3-5-7-15/h3-7,12-14H,8-11H2,1-2H3. The summed E-state index contributed by atoms with van der Waals surface area (Å²) < 4.78 is 1.72. The van der Waals surface area contributed by atoms with Gasteiger partial charge in [-0.15, -0.1) is 5.10 Å². The number of carbonyl (C=O) groups is 1. The molecular weight excluding hydrogens is 276 g/mol. The Balaban J connectivity index is 1.69. The minimum atomic E-state index is -0.00119. The molecule has 5 nitrogen and oxygen atoms in total. The fraction of sp³-hybridized carbons (Fsp3) is 0.471. The summed E-state index contributed by atoms with van der Waals surface area (Å²) in [6.45, 7) is 5.80. The van der Waals surface area contributed by atoms with E-state index < -0.39 is 0 Å². The number of likely N-dealkylation sites (tertiary alicyclic amines) is 1. The number of hydrogen-bond acceptors (Lipinski definition) is 3. The van der Waals surface area contributed by atoms with Crippen LogP contribution in [0, 0.1) is 5.92 Å². The third-order valence-corrected chi connectivity index (χ3v) is 4.34. The van der Waals surface area contributed by atoms with Crippen molar-refractivity contribution in [3.05, 3.63) is 47.8 Å². The Labute approximate surface area is 130 Å². The van der Waals surface area contributed by atoms with Crippen molar-refractivity contribution in [3.8, 4) is 0 Å². The molecule has 1 aliphatic rings. The predicted molar refractivity (Wildman–Crippen MR) is 84.5 cm³/mol. The third kappa shape index (κ3) is 3.18. The largest absolute Gasteiger partial charge is 0.334 e. The molecule has 5 heteroatoms. The highest BCUT2D eigenvalue weighted by molar-refractivity contribution is 5.92. The van der Waals surface area contributed by atoms with E-state index >= 15 is 0 Å². The maximum atomic E-state index is 12.6. The Hall–Kier alpha value is -2.17. The second-order valence-electron chi connectivity index (χ2n) is 6.26. The number of benzene rings is 1. The van der Waals surface area contributed by atoms with Crippen molar-refractivity contribution in [2.45, 2.75) is 39.3 Å². The van der Waals surface area contributed by atoms with E-state index in [9.17, 15) is 4.79 Å². The number of nitrogens with zero attached hydrogens (tertiary/aromatic N) is 4. The zero-order valence-corrected chi connectivity index (χ0v) is 13.1. The first-order valence-electron chi connectivity index (χ1n) is 7.88. The highest BCUT2D eigenvalue weighted by Gasteiger charge is 2.28. The second kappa shape index (κ2) is 6.30. The molecule has 0 aliphatic carbocycles. The van der Waals surface area contributed by atoms with E-state index in [0.29, 0.717) is 18.2 Å². The fourth-order valence-corrected chi connectivity index (χ4v) is 3.10. The second-order valence-corrected chi connectivity index (χ2v) is 6.26. The number of aromatic nitrogens is 3. The van der Waals surface area contributed by atoms with Gasteiger partial charge in [-0.1, -0.05) is 42.5 Å². The van der Waals surface area contributed by atoms with Crippen LogP contribution in [-0.2, 0) is 6.54 Å². The van der Waals surface area contributed by atoms with Crippen molar-refractivity contribution in [1.82, 2.24) is 19.9 Å². The number of amides is 1. The lowest BCUT2D eigenvalue weighted by Gasteiger charge is -2.36. The predicted octanol–water partition coefficient (Wildman–Crippen LogP) is 2.59. The molecule has 0 saturated carbocycles. The summed E-state index contributed by atoms with van der Waals surface area (Å²) in [6, 6.07) is 10.3. The normalized spacial score (nSPS) is 21.8. The first-order valence-corrected chi connectivity index (χ1v) is 7.88. The van der Waals surface area contributed by atoms with Crippen molar-refractivity contribution in [3.63, 3.8) is 0 Å². The summed E-state index contributed by atoms with van der Waals surface area (Å²) in [7, 11) is 0. The van der Waals surface area contributed by atoms with Gasteiger partial charge >= 0.3 is 0 Å². The molecule has 1 aromatic carbocycles. The lowest BCUT2D eigenvalue weighted by Crippen LogP contribution is -2.44. The van der Waals surface area contributed by atoms with E-state index in [-0.39, 0.29) is 11.9 Å². The lowest BCUT2D eigenvalue weighted by molar-refractivity contribution is 0.0582. The van der Waals surface area contributed by atoms with Crippen LogP contribution in [0.4, 0.5) is 0 Å². The van der Waals surface area contributed by atoms with Crippen LogP contribution < -0.4 is 0 Å². The summed E-state index contributed by atoms with van der Waals surface area (Å²) in [6.07, 6.45) is 3.87. The summed E-state index contributed by atoms with van der Waals surface area (Å²) in [5.41, 5.74) is 1.59. The monoisotopic (exact) mass is 298 g/mol. The Kier molecular flexibility index (Phi) is 4.22. The number of hydrogen-bond donors (Lipinski definition) is 0. The van der Waals surface area contributed by atoms with Crippen molar-refractivity contribution < 1.29 is 4.79 Å². The van der Waals surface area contributed by atoms with Gasteiger partial charge in [0.1, 0.15) is 0 Å². The van der Waals surface area contributed by atoms with Gasteiger partial charge in [0.05, 0.1) is 12.7 Å². The Bertz CT molecular complexity index is 637. The summed E-state index contributed by atoms with van der Waals surface area (Å²) in [4.78, 5) is 14.5. The Morgan fingerprint density at radius 3 is 2.77 bits per heavy atom. The number of piperidine rings is 1. The van der Waals surface area contributed by atoms with E-state index in [4.69, 9.17) is 0 Å². The maximum absolute atomic E-state index is 12.6. The number of rotatable bonds is 3. The highest BCUT2D eigenvalue weighted by Crippen LogP contribution is 2.23. The van der Waals surface area contributed by atoms with Crippen LogP contribution in [0.15, 0.2) is 36.5 Å². The molecule has 116 valence electrons. The molecule has 1 aromatic heterocycles. The van der Waals surface area contributed by atoms with Crippen LogP contribution in [0.3, 0.4) is 0 Å². The zero-order valence-electron chi connectivity index (χ0n) is 13.1. The quantitative estimate of drug-likeness (QED) is 0.875. The van der Waals surface area contributed by atoms with E-state index in [0.717, 1.165) is 24.9 Å². The van der Waals surface area contributed by atoms with E-state index in [1.165, 1.54) is 0 Å². The maximum Gasteiger partial charge on any atom is 0.276 e. The molecule has 1 fully saturated rings. The van der Waals surface area contributed by atoms with Gasteiger partial charge in [-0.2, -0.15) is 0 Å². The smallest absolute Gasteiger partial charge is 0.276 e. The van der Waals surface area contributed by atoms with E-state index in [2.05, 4.69) is 24.2 Å². The molecule has 0 radical (unpaired) electrons. The summed E-state index contributed by atoms with van der Waals surface area (Å²) in [5, 5.41) is 8.15. The minimum absolute atomic E-state index is 0.00119. The van der Waals surface area contributed by atoms with Gasteiger partial charge < -0.3 is 4.90 Å². The molecule has 1 saturated heterocycles. The molecular formula is C17H22N4O. The highest BCUT2D eigenvalue weighted by atomic mass is 16.2. The lowest BCUT2D eigenvalue weighted by atomic mass is 9.93. The molecule has 1 aliphatic heterocycles. The average Bonchev–Trinajstić information content (AvgIpc) is 2.96. The van der Waals surface area contributed by atoms with Gasteiger partial charge in [-0.3, -0.25) is 4.79 Å². The topological polar surface area (TPSA) is 51.0 Å². The molecule has 3 rings (SSSR count). The molecule has 2 heterocycles. The van der Waals surface area contributed by atoms with Gasteiger partial charge in [0.15, 0.2) is 5.69 Å². The minimum Gasteiger partial charge on any atom is -0.334 e. The fourth-order valence-electron chi connectivity index (χ4n) is 3.10. The summed E-state index contributed by atoms with van der Waals surface area (Å²) >= 11 is 0. The van der Waals surface area contributed by atoms with Crippen LogP contribution in [0.2, 0.25) is 0 Å². The van der Waals surface area contributed by atoms with Gasteiger partial charge in [0, 0.05) is 12.6 Å². The van der Waals surface area contributed by atoms with Gasteiger partial charge in [0.25, 0.3) is 5.91 Å². The zero-order chi connectivity index (χ0) is 15.5. The molecule has 0 bridgehead atoms. The molecule has 2 unspecified atom stereocenters. The third-order valence-electron chi connectivity index (χ3n) is 4.34. The molecule has 0 N–H and O–H groups in total. The van der Waals surface area contributed by atoms with Crippen molar-refractivity contribution >= 4 is 5.91 Å². The van der Waals surface area contributed by atoms with Crippen molar-refractivity contribution in [2.24, 2.45) is 5.92 Å². The van der Waals surface area contributed by atoms with Gasteiger partial charge in [0.2, 0.25) is 0 Å². The van der Waals surface area contributed by atoms with Crippen LogP contribution >= 0.6 is 0 Å². The Morgan fingerprint density at radius 1 is 1.27 bits per heavy atom. The van der Waals surface area contributed by atoms with Gasteiger partial charge in [-0.25, -0.2) is 4.68 Å². The molecule has 22 heavy (non-hydrogen) atoms. The number of carbonyl (C=O) groups excluding carboxylic acids is 1.